The maximum atomic E-state index is 2.48. The van der Waals surface area contributed by atoms with Crippen molar-refractivity contribution < 1.29 is 0 Å². The van der Waals surface area contributed by atoms with Crippen LogP contribution in [0.2, 0.25) is 0 Å². The summed E-state index contributed by atoms with van der Waals surface area (Å²) in [5, 5.41) is 15.8. The third-order valence-electron chi connectivity index (χ3n) is 13.8. The second-order valence-corrected chi connectivity index (χ2v) is 17.2. The molecule has 274 valence electrons. The molecule has 1 aliphatic carbocycles. The molecule has 0 aromatic heterocycles. The summed E-state index contributed by atoms with van der Waals surface area (Å²) in [6.45, 7) is 4.82. The Bertz CT molecular complexity index is 3420. The van der Waals surface area contributed by atoms with E-state index >= 15 is 0 Å². The molecule has 13 rings (SSSR count). The molecule has 0 N–H and O–H groups in total. The number of fused-ring (bicyclic) bond motifs is 3. The van der Waals surface area contributed by atoms with Gasteiger partial charge in [0.05, 0.1) is 0 Å². The van der Waals surface area contributed by atoms with Crippen molar-refractivity contribution in [2.45, 2.75) is 19.3 Å². The van der Waals surface area contributed by atoms with Gasteiger partial charge >= 0.3 is 0 Å². The summed E-state index contributed by atoms with van der Waals surface area (Å²) in [5.74, 6) is 0. The lowest BCUT2D eigenvalue weighted by Crippen LogP contribution is -2.15. The van der Waals surface area contributed by atoms with Crippen molar-refractivity contribution in [3.8, 4) is 55.6 Å². The number of rotatable bonds is 4. The molecule has 0 atom stereocenters. The Morgan fingerprint density at radius 3 is 0.881 bits per heavy atom. The lowest BCUT2D eigenvalue weighted by molar-refractivity contribution is 0.661. The molecule has 59 heavy (non-hydrogen) atoms. The van der Waals surface area contributed by atoms with Crippen LogP contribution >= 0.6 is 0 Å². The molecule has 0 saturated carbocycles. The fourth-order valence-corrected chi connectivity index (χ4v) is 10.9. The summed E-state index contributed by atoms with van der Waals surface area (Å²) < 4.78 is 0. The summed E-state index contributed by atoms with van der Waals surface area (Å²) in [6.07, 6.45) is 0. The Morgan fingerprint density at radius 1 is 0.254 bits per heavy atom. The Kier molecular flexibility index (Phi) is 6.60. The molecule has 0 aliphatic heterocycles. The van der Waals surface area contributed by atoms with Crippen LogP contribution in [-0.4, -0.2) is 0 Å². The summed E-state index contributed by atoms with van der Waals surface area (Å²) in [5.41, 5.74) is 15.5. The lowest BCUT2D eigenvalue weighted by Gasteiger charge is -2.23. The van der Waals surface area contributed by atoms with E-state index in [1.807, 2.05) is 0 Å². The average Bonchev–Trinajstić information content (AvgIpc) is 3.52. The predicted molar refractivity (Wildman–Crippen MR) is 253 cm³/mol. The van der Waals surface area contributed by atoms with Gasteiger partial charge in [-0.3, -0.25) is 0 Å². The van der Waals surface area contributed by atoms with Crippen LogP contribution in [0.5, 0.6) is 0 Å². The second kappa shape index (κ2) is 11.9. The van der Waals surface area contributed by atoms with Gasteiger partial charge in [-0.2, -0.15) is 0 Å². The maximum absolute atomic E-state index is 2.48. The fourth-order valence-electron chi connectivity index (χ4n) is 10.9. The summed E-state index contributed by atoms with van der Waals surface area (Å²) in [7, 11) is 0. The van der Waals surface area contributed by atoms with Crippen LogP contribution in [0.15, 0.2) is 194 Å². The zero-order valence-electron chi connectivity index (χ0n) is 33.0. The second-order valence-electron chi connectivity index (χ2n) is 17.2. The van der Waals surface area contributed by atoms with Crippen LogP contribution < -0.4 is 0 Å². The summed E-state index contributed by atoms with van der Waals surface area (Å²) in [6, 6.07) is 73.1. The molecular weight excluding hydrogens is 709 g/mol. The maximum Gasteiger partial charge on any atom is 0.0159 e. The molecule has 1 aliphatic rings. The van der Waals surface area contributed by atoms with Crippen molar-refractivity contribution in [1.29, 1.82) is 0 Å². The normalized spacial score (nSPS) is 13.4. The Balaban J connectivity index is 0.935. The molecule has 12 aromatic carbocycles. The van der Waals surface area contributed by atoms with E-state index in [1.165, 1.54) is 131 Å². The van der Waals surface area contributed by atoms with Gasteiger partial charge in [0.2, 0.25) is 0 Å². The van der Waals surface area contributed by atoms with E-state index in [0.29, 0.717) is 0 Å². The fraction of sp³-hybridized carbons (Fsp3) is 0.0508. The molecule has 0 heteroatoms. The van der Waals surface area contributed by atoms with E-state index in [1.54, 1.807) is 0 Å². The first kappa shape index (κ1) is 32.8. The van der Waals surface area contributed by atoms with Gasteiger partial charge in [-0.25, -0.2) is 0 Å². The highest BCUT2D eigenvalue weighted by molar-refractivity contribution is 6.29. The summed E-state index contributed by atoms with van der Waals surface area (Å²) >= 11 is 0. The Hall–Kier alpha value is -7.28. The van der Waals surface area contributed by atoms with Crippen LogP contribution in [0, 0.1) is 0 Å². The minimum absolute atomic E-state index is 0.167. The molecule has 12 aromatic rings. The first-order valence-electron chi connectivity index (χ1n) is 20.8. The molecule has 0 radical (unpaired) electrons. The average molecular weight is 747 g/mol. The van der Waals surface area contributed by atoms with E-state index in [-0.39, 0.29) is 5.41 Å². The van der Waals surface area contributed by atoms with Gasteiger partial charge in [-0.05, 0) is 144 Å². The van der Waals surface area contributed by atoms with Crippen molar-refractivity contribution in [3.63, 3.8) is 0 Å². The number of hydrogen-bond acceptors (Lipinski definition) is 0. The van der Waals surface area contributed by atoms with Crippen LogP contribution in [0.1, 0.15) is 25.0 Å². The number of hydrogen-bond donors (Lipinski definition) is 0. The van der Waals surface area contributed by atoms with E-state index in [0.717, 1.165) is 0 Å². The van der Waals surface area contributed by atoms with Crippen molar-refractivity contribution in [3.05, 3.63) is 205 Å². The van der Waals surface area contributed by atoms with Gasteiger partial charge in [0.1, 0.15) is 0 Å². The molecule has 0 unspecified atom stereocenters. The third kappa shape index (κ3) is 4.55. The van der Waals surface area contributed by atoms with Gasteiger partial charge in [-0.15, -0.1) is 0 Å². The largest absolute Gasteiger partial charge is 0.0622 e. The van der Waals surface area contributed by atoms with Crippen molar-refractivity contribution >= 4 is 64.6 Å². The smallest absolute Gasteiger partial charge is 0.0159 e. The minimum atomic E-state index is -0.167. The van der Waals surface area contributed by atoms with E-state index in [4.69, 9.17) is 0 Å². The molecule has 0 saturated heterocycles. The third-order valence-corrected chi connectivity index (χ3v) is 13.8. The Morgan fingerprint density at radius 2 is 0.542 bits per heavy atom. The number of benzene rings is 12. The van der Waals surface area contributed by atoms with Gasteiger partial charge in [-0.1, -0.05) is 196 Å². The molecule has 0 fully saturated rings. The van der Waals surface area contributed by atoms with Gasteiger partial charge in [0.15, 0.2) is 0 Å². The standard InChI is InChI=1S/C59H38/c1-59(2)53-33-41(45-25-15-39-17-29-49-43(35-9-5-3-6-10-35)23-13-37-19-31-51(45)57(39)55(37)49)21-27-47(53)48-28-22-42(34-54(48)59)46-26-16-40-18-30-50-44(36-11-7-4-8-12-36)24-14-38-20-32-52(46)58(40)56(38)50/h3-34H,1-2H3. The molecule has 0 nitrogen and oxygen atoms in total. The minimum Gasteiger partial charge on any atom is -0.0622 e. The zero-order valence-corrected chi connectivity index (χ0v) is 33.0. The zero-order chi connectivity index (χ0) is 39.0. The quantitative estimate of drug-likeness (QED) is 0.157. The summed E-state index contributed by atoms with van der Waals surface area (Å²) in [4.78, 5) is 0. The van der Waals surface area contributed by atoms with Gasteiger partial charge in [0, 0.05) is 5.41 Å². The van der Waals surface area contributed by atoms with Crippen molar-refractivity contribution in [2.24, 2.45) is 0 Å². The van der Waals surface area contributed by atoms with Crippen LogP contribution in [0.25, 0.3) is 120 Å². The highest BCUT2D eigenvalue weighted by Crippen LogP contribution is 2.52. The predicted octanol–water partition coefficient (Wildman–Crippen LogP) is 16.5. The first-order chi connectivity index (χ1) is 29.0. The van der Waals surface area contributed by atoms with Crippen molar-refractivity contribution in [1.82, 2.24) is 0 Å². The van der Waals surface area contributed by atoms with E-state index < -0.39 is 0 Å². The van der Waals surface area contributed by atoms with Gasteiger partial charge < -0.3 is 0 Å². The SMILES string of the molecule is CC1(C)c2cc(-c3ccc4ccc5c(-c6ccccc6)ccc6ccc3c4c65)ccc2-c2ccc(-c3ccc4ccc5c(-c6ccccc6)ccc6ccc3c4c65)cc21. The first-order valence-corrected chi connectivity index (χ1v) is 20.8. The van der Waals surface area contributed by atoms with Gasteiger partial charge in [0.25, 0.3) is 0 Å². The molecule has 0 spiro atoms. The van der Waals surface area contributed by atoms with Crippen LogP contribution in [0.3, 0.4) is 0 Å². The van der Waals surface area contributed by atoms with Crippen LogP contribution in [-0.2, 0) is 5.41 Å². The molecular formula is C59H38. The lowest BCUT2D eigenvalue weighted by atomic mass is 9.80. The molecule has 0 amide bonds. The van der Waals surface area contributed by atoms with E-state index in [2.05, 4.69) is 208 Å². The Labute approximate surface area is 343 Å². The topological polar surface area (TPSA) is 0 Å². The highest BCUT2D eigenvalue weighted by atomic mass is 14.4. The highest BCUT2D eigenvalue weighted by Gasteiger charge is 2.36. The molecule has 0 bridgehead atoms. The monoisotopic (exact) mass is 746 g/mol. The van der Waals surface area contributed by atoms with E-state index in [9.17, 15) is 0 Å². The van der Waals surface area contributed by atoms with Crippen molar-refractivity contribution in [2.75, 3.05) is 0 Å². The molecule has 0 heterocycles. The van der Waals surface area contributed by atoms with Crippen LogP contribution in [0.4, 0.5) is 0 Å².